The van der Waals surface area contributed by atoms with Crippen LogP contribution in [0.2, 0.25) is 0 Å². The summed E-state index contributed by atoms with van der Waals surface area (Å²) < 4.78 is 5.20. The maximum atomic E-state index is 13.9. The Labute approximate surface area is 201 Å². The van der Waals surface area contributed by atoms with Gasteiger partial charge in [-0.15, -0.1) is 0 Å². The van der Waals surface area contributed by atoms with Crippen LogP contribution in [0.4, 0.5) is 5.82 Å². The van der Waals surface area contributed by atoms with Gasteiger partial charge in [0.1, 0.15) is 5.82 Å². The Morgan fingerprint density at radius 3 is 2.54 bits per heavy atom. The molecule has 3 N–H and O–H groups in total. The first-order chi connectivity index (χ1) is 16.7. The van der Waals surface area contributed by atoms with E-state index in [0.29, 0.717) is 17.7 Å². The molecule has 0 fully saturated rings. The predicted molar refractivity (Wildman–Crippen MR) is 137 cm³/mol. The molecule has 3 heterocycles. The number of aromatic nitrogens is 4. The van der Waals surface area contributed by atoms with Gasteiger partial charge in [-0.1, -0.05) is 36.4 Å². The molecule has 0 aliphatic heterocycles. The van der Waals surface area contributed by atoms with Gasteiger partial charge in [-0.3, -0.25) is 13.9 Å². The summed E-state index contributed by atoms with van der Waals surface area (Å²) in [4.78, 5) is 30.2. The fourth-order valence-electron chi connectivity index (χ4n) is 5.10. The van der Waals surface area contributed by atoms with Crippen molar-refractivity contribution in [3.05, 3.63) is 93.5 Å². The average molecular weight is 470 g/mol. The van der Waals surface area contributed by atoms with E-state index in [1.165, 1.54) is 10.1 Å². The number of aliphatic carboxylic acids is 1. The van der Waals surface area contributed by atoms with E-state index in [9.17, 15) is 14.7 Å². The van der Waals surface area contributed by atoms with Gasteiger partial charge in [0, 0.05) is 24.1 Å². The van der Waals surface area contributed by atoms with Gasteiger partial charge < -0.3 is 15.4 Å². The van der Waals surface area contributed by atoms with Gasteiger partial charge in [-0.25, -0.2) is 9.78 Å². The normalized spacial score (nSPS) is 12.4. The minimum absolute atomic E-state index is 0.258. The first-order valence-corrected chi connectivity index (χ1v) is 11.4. The largest absolute Gasteiger partial charge is 0.481 e. The zero-order valence-corrected chi connectivity index (χ0v) is 19.9. The minimum Gasteiger partial charge on any atom is -0.481 e. The SMILES string of the molecule is Cc1cc(C)c2c(Cn3c(=O)n(C(CC(=O)O)c4ccccc4)c4nc(N)ccc43)cn(C)c2c1. The number of anilines is 1. The molecular weight excluding hydrogens is 442 g/mol. The van der Waals surface area contributed by atoms with Crippen molar-refractivity contribution in [3.63, 3.8) is 0 Å². The first kappa shape index (κ1) is 22.5. The summed E-state index contributed by atoms with van der Waals surface area (Å²) in [5.41, 5.74) is 11.8. The lowest BCUT2D eigenvalue weighted by Crippen LogP contribution is -2.29. The highest BCUT2D eigenvalue weighted by atomic mass is 16.4. The van der Waals surface area contributed by atoms with Crippen molar-refractivity contribution in [2.75, 3.05) is 5.73 Å². The van der Waals surface area contributed by atoms with Gasteiger partial charge in [0.05, 0.1) is 24.5 Å². The lowest BCUT2D eigenvalue weighted by Gasteiger charge is -2.17. The van der Waals surface area contributed by atoms with Crippen molar-refractivity contribution >= 4 is 33.9 Å². The second kappa shape index (κ2) is 8.47. The van der Waals surface area contributed by atoms with E-state index >= 15 is 0 Å². The zero-order chi connectivity index (χ0) is 24.9. The van der Waals surface area contributed by atoms with E-state index in [2.05, 4.69) is 35.5 Å². The Morgan fingerprint density at radius 2 is 1.83 bits per heavy atom. The summed E-state index contributed by atoms with van der Waals surface area (Å²) >= 11 is 0. The number of aryl methyl sites for hydroxylation is 3. The van der Waals surface area contributed by atoms with Crippen LogP contribution in [0.3, 0.4) is 0 Å². The molecule has 1 unspecified atom stereocenters. The second-order valence-corrected chi connectivity index (χ2v) is 9.08. The maximum absolute atomic E-state index is 13.9. The number of imidazole rings is 1. The molecule has 178 valence electrons. The van der Waals surface area contributed by atoms with Crippen LogP contribution in [0.25, 0.3) is 22.1 Å². The summed E-state index contributed by atoms with van der Waals surface area (Å²) in [5.74, 6) is -0.738. The fourth-order valence-corrected chi connectivity index (χ4v) is 5.10. The van der Waals surface area contributed by atoms with Crippen LogP contribution in [-0.4, -0.2) is 29.8 Å². The lowest BCUT2D eigenvalue weighted by atomic mass is 10.0. The van der Waals surface area contributed by atoms with E-state index in [1.807, 2.05) is 43.6 Å². The highest BCUT2D eigenvalue weighted by Crippen LogP contribution is 2.29. The van der Waals surface area contributed by atoms with E-state index in [4.69, 9.17) is 5.73 Å². The number of hydrogen-bond acceptors (Lipinski definition) is 4. The van der Waals surface area contributed by atoms with Crippen molar-refractivity contribution in [2.24, 2.45) is 7.05 Å². The molecule has 0 amide bonds. The summed E-state index contributed by atoms with van der Waals surface area (Å²) in [6.45, 7) is 4.47. The molecule has 2 aromatic carbocycles. The Morgan fingerprint density at radius 1 is 1.09 bits per heavy atom. The molecule has 5 aromatic rings. The molecule has 0 aliphatic carbocycles. The molecule has 0 bridgehead atoms. The molecule has 1 atom stereocenters. The van der Waals surface area contributed by atoms with Crippen LogP contribution in [-0.2, 0) is 18.4 Å². The summed E-state index contributed by atoms with van der Waals surface area (Å²) in [6.07, 6.45) is 1.79. The van der Waals surface area contributed by atoms with E-state index in [0.717, 1.165) is 27.6 Å². The predicted octanol–water partition coefficient (Wildman–Crippen LogP) is 4.00. The quantitative estimate of drug-likeness (QED) is 0.391. The third kappa shape index (κ3) is 3.86. The Hall–Kier alpha value is -4.33. The Bertz CT molecular complexity index is 1640. The lowest BCUT2D eigenvalue weighted by molar-refractivity contribution is -0.137. The van der Waals surface area contributed by atoms with Crippen molar-refractivity contribution in [2.45, 2.75) is 32.9 Å². The molecule has 5 rings (SSSR count). The molecule has 3 aromatic heterocycles. The number of nitrogen functional groups attached to an aromatic ring is 1. The third-order valence-electron chi connectivity index (χ3n) is 6.53. The summed E-state index contributed by atoms with van der Waals surface area (Å²) in [5, 5.41) is 10.8. The number of nitrogens with two attached hydrogens (primary N) is 1. The molecule has 8 heteroatoms. The van der Waals surface area contributed by atoms with Gasteiger partial charge in [0.15, 0.2) is 5.65 Å². The standard InChI is InChI=1S/C27H27N5O3/c1-16-11-17(2)25-19(14-30(3)22(25)12-16)15-31-20-9-10-23(28)29-26(20)32(27(31)35)21(13-24(33)34)18-7-5-4-6-8-18/h4-12,14,21H,13,15H2,1-3H3,(H2,28,29)(H,33,34). The number of pyridine rings is 1. The van der Waals surface area contributed by atoms with Crippen molar-refractivity contribution in [3.8, 4) is 0 Å². The fraction of sp³-hybridized carbons (Fsp3) is 0.222. The number of carboxylic acids is 1. The van der Waals surface area contributed by atoms with Gasteiger partial charge in [0.2, 0.25) is 0 Å². The Kier molecular flexibility index (Phi) is 5.43. The smallest absolute Gasteiger partial charge is 0.331 e. The molecule has 0 aliphatic rings. The van der Waals surface area contributed by atoms with Crippen molar-refractivity contribution < 1.29 is 9.90 Å². The number of carboxylic acid groups (broad SMARTS) is 1. The van der Waals surface area contributed by atoms with Crippen LogP contribution >= 0.6 is 0 Å². The average Bonchev–Trinajstić information content (AvgIpc) is 3.26. The van der Waals surface area contributed by atoms with Crippen molar-refractivity contribution in [1.29, 1.82) is 0 Å². The number of hydrogen-bond donors (Lipinski definition) is 2. The molecule has 0 saturated carbocycles. The zero-order valence-electron chi connectivity index (χ0n) is 19.9. The molecule has 0 spiro atoms. The van der Waals surface area contributed by atoms with Gasteiger partial charge in [0.25, 0.3) is 0 Å². The molecule has 0 saturated heterocycles. The molecular formula is C27H27N5O3. The van der Waals surface area contributed by atoms with Crippen molar-refractivity contribution in [1.82, 2.24) is 18.7 Å². The maximum Gasteiger partial charge on any atom is 0.331 e. The third-order valence-corrected chi connectivity index (χ3v) is 6.53. The van der Waals surface area contributed by atoms with Crippen LogP contribution < -0.4 is 11.4 Å². The van der Waals surface area contributed by atoms with Gasteiger partial charge >= 0.3 is 11.7 Å². The van der Waals surface area contributed by atoms with Gasteiger partial charge in [-0.05, 0) is 54.3 Å². The molecule has 8 nitrogen and oxygen atoms in total. The number of rotatable bonds is 6. The monoisotopic (exact) mass is 469 g/mol. The van der Waals surface area contributed by atoms with E-state index in [1.54, 1.807) is 16.7 Å². The first-order valence-electron chi connectivity index (χ1n) is 11.4. The van der Waals surface area contributed by atoms with E-state index < -0.39 is 12.0 Å². The Balaban J connectivity index is 1.75. The molecule has 35 heavy (non-hydrogen) atoms. The molecule has 0 radical (unpaired) electrons. The summed E-state index contributed by atoms with van der Waals surface area (Å²) in [6, 6.07) is 16.2. The number of benzene rings is 2. The van der Waals surface area contributed by atoms with E-state index in [-0.39, 0.29) is 17.9 Å². The minimum atomic E-state index is -1.00. The van der Waals surface area contributed by atoms with Crippen LogP contribution in [0, 0.1) is 13.8 Å². The van der Waals surface area contributed by atoms with Crippen LogP contribution in [0.1, 0.15) is 34.7 Å². The number of fused-ring (bicyclic) bond motifs is 2. The topological polar surface area (TPSA) is 108 Å². The number of carbonyl (C=O) groups is 1. The number of nitrogens with zero attached hydrogens (tertiary/aromatic N) is 4. The van der Waals surface area contributed by atoms with Crippen LogP contribution in [0.15, 0.2) is 65.6 Å². The van der Waals surface area contributed by atoms with Gasteiger partial charge in [-0.2, -0.15) is 0 Å². The van der Waals surface area contributed by atoms with Crippen LogP contribution in [0.5, 0.6) is 0 Å². The highest BCUT2D eigenvalue weighted by molar-refractivity contribution is 5.88. The highest BCUT2D eigenvalue weighted by Gasteiger charge is 2.26. The summed E-state index contributed by atoms with van der Waals surface area (Å²) in [7, 11) is 2.00. The second-order valence-electron chi connectivity index (χ2n) is 9.08.